The number of amides is 1. The van der Waals surface area contributed by atoms with E-state index in [9.17, 15) is 18.7 Å². The highest BCUT2D eigenvalue weighted by Crippen LogP contribution is 2.35. The van der Waals surface area contributed by atoms with E-state index < -0.39 is 12.0 Å². The number of carbonyl (C=O) groups excluding carboxylic acids is 1. The van der Waals surface area contributed by atoms with Crippen LogP contribution in [0.3, 0.4) is 0 Å². The van der Waals surface area contributed by atoms with Crippen LogP contribution in [0.15, 0.2) is 60.7 Å². The monoisotopic (exact) mass is 577 g/mol. The molecule has 8 nitrogen and oxygen atoms in total. The molecular weight excluding hydrogens is 540 g/mol. The van der Waals surface area contributed by atoms with Crippen LogP contribution in [0, 0.1) is 11.6 Å². The van der Waals surface area contributed by atoms with E-state index in [2.05, 4.69) is 15.5 Å². The number of piperazine rings is 2. The van der Waals surface area contributed by atoms with Gasteiger partial charge in [0.1, 0.15) is 29.7 Å². The van der Waals surface area contributed by atoms with E-state index in [-0.39, 0.29) is 17.8 Å². The van der Waals surface area contributed by atoms with Crippen LogP contribution in [0.1, 0.15) is 28.6 Å². The van der Waals surface area contributed by atoms with E-state index in [1.807, 2.05) is 23.1 Å². The third-order valence-corrected chi connectivity index (χ3v) is 8.32. The van der Waals surface area contributed by atoms with Crippen molar-refractivity contribution in [1.29, 1.82) is 0 Å². The largest absolute Gasteiger partial charge is 0.488 e. The summed E-state index contributed by atoms with van der Waals surface area (Å²) in [7, 11) is 0. The number of hydrogen-bond donors (Lipinski definition) is 3. The molecule has 10 heteroatoms. The van der Waals surface area contributed by atoms with Gasteiger partial charge in [0.15, 0.2) is 0 Å². The smallest absolute Gasteiger partial charge is 0.254 e. The molecule has 3 saturated heterocycles. The van der Waals surface area contributed by atoms with E-state index in [4.69, 9.17) is 4.74 Å². The molecule has 3 aliphatic heterocycles. The van der Waals surface area contributed by atoms with Crippen LogP contribution in [0.2, 0.25) is 0 Å². The van der Waals surface area contributed by atoms with E-state index in [1.54, 1.807) is 23.1 Å². The third kappa shape index (κ3) is 6.42. The highest BCUT2D eigenvalue weighted by Gasteiger charge is 2.28. The molecule has 1 amide bonds. The molecule has 3 fully saturated rings. The Bertz CT molecular complexity index is 1390. The van der Waals surface area contributed by atoms with Gasteiger partial charge in [-0.15, -0.1) is 0 Å². The minimum atomic E-state index is -0.892. The standard InChI is InChI=1S/C32H37F2N5O3/c33-25-4-1-22(2-5-25)29-19-23(3-6-30(29)42-28-7-8-36-21-28)31(40)38-13-15-39(16-14-38)32(41)24-17-26(34)20-27(18-24)37-11-9-35-10-12-37/h1-6,17-20,28,31,35-36,40H,7-16,21H2/t28-,31?/m0/s1. The van der Waals surface area contributed by atoms with E-state index >= 15 is 0 Å². The van der Waals surface area contributed by atoms with Crippen LogP contribution in [-0.4, -0.2) is 92.4 Å². The first kappa shape index (κ1) is 28.5. The number of aliphatic hydroxyl groups is 1. The van der Waals surface area contributed by atoms with Gasteiger partial charge in [0.05, 0.1) is 0 Å². The van der Waals surface area contributed by atoms with Gasteiger partial charge in [0.2, 0.25) is 0 Å². The van der Waals surface area contributed by atoms with Gasteiger partial charge in [-0.2, -0.15) is 0 Å². The Morgan fingerprint density at radius 3 is 2.33 bits per heavy atom. The Kier molecular flexibility index (Phi) is 8.66. The van der Waals surface area contributed by atoms with Crippen LogP contribution < -0.4 is 20.3 Å². The fourth-order valence-corrected chi connectivity index (χ4v) is 5.94. The van der Waals surface area contributed by atoms with Crippen molar-refractivity contribution in [2.24, 2.45) is 0 Å². The van der Waals surface area contributed by atoms with Gasteiger partial charge in [-0.25, -0.2) is 8.78 Å². The molecule has 3 aliphatic rings. The second kappa shape index (κ2) is 12.7. The van der Waals surface area contributed by atoms with Crippen LogP contribution in [0.4, 0.5) is 14.5 Å². The highest BCUT2D eigenvalue weighted by molar-refractivity contribution is 5.95. The quantitative estimate of drug-likeness (QED) is 0.398. The summed E-state index contributed by atoms with van der Waals surface area (Å²) in [6, 6.07) is 16.5. The average Bonchev–Trinajstić information content (AvgIpc) is 3.54. The van der Waals surface area contributed by atoms with Crippen molar-refractivity contribution in [1.82, 2.24) is 20.4 Å². The molecule has 3 aromatic carbocycles. The van der Waals surface area contributed by atoms with Crippen molar-refractivity contribution in [3.05, 3.63) is 83.4 Å². The summed E-state index contributed by atoms with van der Waals surface area (Å²) < 4.78 is 34.4. The Morgan fingerprint density at radius 1 is 0.857 bits per heavy atom. The van der Waals surface area contributed by atoms with Crippen molar-refractivity contribution in [2.45, 2.75) is 18.8 Å². The summed E-state index contributed by atoms with van der Waals surface area (Å²) in [6.45, 7) is 6.60. The number of halogens is 2. The lowest BCUT2D eigenvalue weighted by Gasteiger charge is -2.37. The maximum atomic E-state index is 14.5. The molecule has 222 valence electrons. The first-order chi connectivity index (χ1) is 20.4. The lowest BCUT2D eigenvalue weighted by molar-refractivity contribution is -0.0240. The van der Waals surface area contributed by atoms with Crippen molar-refractivity contribution in [3.63, 3.8) is 0 Å². The maximum absolute atomic E-state index is 14.5. The number of benzene rings is 3. The number of hydrogen-bond acceptors (Lipinski definition) is 7. The molecule has 0 bridgehead atoms. The van der Waals surface area contributed by atoms with Gasteiger partial charge in [-0.3, -0.25) is 9.69 Å². The van der Waals surface area contributed by atoms with E-state index in [0.29, 0.717) is 43.1 Å². The molecule has 0 spiro atoms. The predicted octanol–water partition coefficient (Wildman–Crippen LogP) is 3.23. The number of anilines is 1. The Balaban J connectivity index is 1.14. The van der Waals surface area contributed by atoms with E-state index in [1.165, 1.54) is 24.3 Å². The Morgan fingerprint density at radius 2 is 1.62 bits per heavy atom. The van der Waals surface area contributed by atoms with Crippen molar-refractivity contribution in [3.8, 4) is 16.9 Å². The molecule has 0 aromatic heterocycles. The normalized spacial score (nSPS) is 20.5. The van der Waals surface area contributed by atoms with Gasteiger partial charge in [-0.1, -0.05) is 18.2 Å². The second-order valence-electron chi connectivity index (χ2n) is 11.1. The fourth-order valence-electron chi connectivity index (χ4n) is 5.94. The minimum Gasteiger partial charge on any atom is -0.488 e. The summed E-state index contributed by atoms with van der Waals surface area (Å²) in [5.74, 6) is -0.251. The highest BCUT2D eigenvalue weighted by atomic mass is 19.1. The average molecular weight is 578 g/mol. The Hall–Kier alpha value is -3.57. The number of rotatable bonds is 7. The van der Waals surface area contributed by atoms with Gasteiger partial charge in [0.25, 0.3) is 5.91 Å². The first-order valence-corrected chi connectivity index (χ1v) is 14.7. The predicted molar refractivity (Wildman–Crippen MR) is 158 cm³/mol. The first-order valence-electron chi connectivity index (χ1n) is 14.7. The molecule has 1 unspecified atom stereocenters. The van der Waals surface area contributed by atoms with Crippen LogP contribution in [0.5, 0.6) is 5.75 Å². The Labute approximate surface area is 244 Å². The maximum Gasteiger partial charge on any atom is 0.254 e. The number of nitrogens with zero attached hydrogens (tertiary/aromatic N) is 3. The van der Waals surface area contributed by atoms with Gasteiger partial charge >= 0.3 is 0 Å². The SMILES string of the molecule is O=C(c1cc(F)cc(N2CCNCC2)c1)N1CCN(C(O)c2ccc(O[C@H]3CCNC3)c(-c3ccc(F)cc3)c2)CC1. The molecular formula is C32H37F2N5O3. The minimum absolute atomic E-state index is 0.0524. The molecule has 3 aromatic rings. The summed E-state index contributed by atoms with van der Waals surface area (Å²) >= 11 is 0. The van der Waals surface area contributed by atoms with Gasteiger partial charge in [-0.05, 0) is 66.6 Å². The summed E-state index contributed by atoms with van der Waals surface area (Å²) in [6.07, 6.45) is 0.0665. The van der Waals surface area contributed by atoms with Crippen LogP contribution >= 0.6 is 0 Å². The molecule has 0 saturated carbocycles. The van der Waals surface area contributed by atoms with Crippen LogP contribution in [-0.2, 0) is 0 Å². The lowest BCUT2D eigenvalue weighted by Crippen LogP contribution is -2.49. The summed E-state index contributed by atoms with van der Waals surface area (Å²) in [4.78, 5) is 19.1. The third-order valence-electron chi connectivity index (χ3n) is 8.32. The molecule has 42 heavy (non-hydrogen) atoms. The van der Waals surface area contributed by atoms with Crippen molar-refractivity contribution >= 4 is 11.6 Å². The summed E-state index contributed by atoms with van der Waals surface area (Å²) in [5, 5.41) is 17.9. The zero-order valence-corrected chi connectivity index (χ0v) is 23.6. The zero-order valence-electron chi connectivity index (χ0n) is 23.6. The van der Waals surface area contributed by atoms with E-state index in [0.717, 1.165) is 62.5 Å². The topological polar surface area (TPSA) is 80.3 Å². The number of aliphatic hydroxyl groups excluding tert-OH is 1. The fraction of sp³-hybridized carbons (Fsp3) is 0.406. The van der Waals surface area contributed by atoms with Crippen molar-refractivity contribution < 1.29 is 23.4 Å². The lowest BCUT2D eigenvalue weighted by atomic mass is 10.0. The van der Waals surface area contributed by atoms with Crippen LogP contribution in [0.25, 0.3) is 11.1 Å². The zero-order chi connectivity index (χ0) is 29.1. The number of ether oxygens (including phenoxy) is 1. The van der Waals surface area contributed by atoms with Gasteiger partial charge < -0.3 is 30.3 Å². The second-order valence-corrected chi connectivity index (χ2v) is 11.1. The summed E-state index contributed by atoms with van der Waals surface area (Å²) in [5.41, 5.74) is 3.35. The molecule has 0 aliphatic carbocycles. The number of nitrogens with one attached hydrogen (secondary N) is 2. The molecule has 6 rings (SSSR count). The number of carbonyl (C=O) groups is 1. The molecule has 2 atom stereocenters. The van der Waals surface area contributed by atoms with Crippen molar-refractivity contribution in [2.75, 3.05) is 70.3 Å². The molecule has 3 N–H and O–H groups in total. The molecule has 3 heterocycles. The molecule has 0 radical (unpaired) electrons. The van der Waals surface area contributed by atoms with Gasteiger partial charge in [0, 0.05) is 75.7 Å².